The van der Waals surface area contributed by atoms with Crippen LogP contribution in [0.4, 0.5) is 0 Å². The second kappa shape index (κ2) is 5.01. The molecular weight excluding hydrogens is 214 g/mol. The van der Waals surface area contributed by atoms with Gasteiger partial charge in [0, 0.05) is 18.3 Å². The topological polar surface area (TPSA) is 53.1 Å². The van der Waals surface area contributed by atoms with E-state index in [0.29, 0.717) is 19.0 Å². The molecule has 0 fully saturated rings. The van der Waals surface area contributed by atoms with Crippen molar-refractivity contribution in [1.82, 2.24) is 9.78 Å². The van der Waals surface area contributed by atoms with Gasteiger partial charge in [-0.05, 0) is 26.0 Å². The fraction of sp³-hybridized carbons (Fsp3) is 0.308. The highest BCUT2D eigenvalue weighted by Gasteiger charge is 2.06. The van der Waals surface area contributed by atoms with E-state index in [1.54, 1.807) is 0 Å². The monoisotopic (exact) mass is 231 g/mol. The molecule has 0 saturated carbocycles. The first kappa shape index (κ1) is 11.7. The second-order valence-electron chi connectivity index (χ2n) is 4.01. The van der Waals surface area contributed by atoms with Gasteiger partial charge in [0.05, 0.1) is 5.69 Å². The summed E-state index contributed by atoms with van der Waals surface area (Å²) in [5.41, 5.74) is 8.70. The molecule has 0 unspecified atom stereocenters. The van der Waals surface area contributed by atoms with E-state index in [-0.39, 0.29) is 0 Å². The molecule has 4 heteroatoms. The molecule has 0 amide bonds. The maximum absolute atomic E-state index is 5.40. The van der Waals surface area contributed by atoms with Crippen LogP contribution in [0.5, 0.6) is 5.88 Å². The van der Waals surface area contributed by atoms with Crippen molar-refractivity contribution < 1.29 is 4.74 Å². The van der Waals surface area contributed by atoms with Gasteiger partial charge in [-0.1, -0.05) is 17.7 Å². The average Bonchev–Trinajstić information content (AvgIpc) is 2.69. The van der Waals surface area contributed by atoms with Crippen molar-refractivity contribution in [2.45, 2.75) is 13.8 Å². The van der Waals surface area contributed by atoms with E-state index in [4.69, 9.17) is 10.5 Å². The third-order valence-corrected chi connectivity index (χ3v) is 2.51. The van der Waals surface area contributed by atoms with Gasteiger partial charge in [-0.15, -0.1) is 5.10 Å². The summed E-state index contributed by atoms with van der Waals surface area (Å²) in [5.74, 6) is 0.619. The van der Waals surface area contributed by atoms with E-state index in [1.165, 1.54) is 5.56 Å². The smallest absolute Gasteiger partial charge is 0.233 e. The van der Waals surface area contributed by atoms with Crippen LogP contribution >= 0.6 is 0 Å². The van der Waals surface area contributed by atoms with E-state index in [9.17, 15) is 0 Å². The molecule has 2 N–H and O–H groups in total. The molecule has 0 bridgehead atoms. The van der Waals surface area contributed by atoms with Crippen LogP contribution in [-0.2, 0) is 0 Å². The standard InChI is InChI=1S/C13H17N3O/c1-10-3-5-12(6-4-10)16-11(2)9-13(15-16)17-8-7-14/h3-6,9H,7-8,14H2,1-2H3. The van der Waals surface area contributed by atoms with Gasteiger partial charge in [0.1, 0.15) is 6.61 Å². The summed E-state index contributed by atoms with van der Waals surface area (Å²) in [7, 11) is 0. The average molecular weight is 231 g/mol. The first-order chi connectivity index (χ1) is 8.20. The molecular formula is C13H17N3O. The number of hydrogen-bond acceptors (Lipinski definition) is 3. The molecule has 0 spiro atoms. The first-order valence-corrected chi connectivity index (χ1v) is 5.67. The number of ether oxygens (including phenoxy) is 1. The number of rotatable bonds is 4. The number of aryl methyl sites for hydroxylation is 2. The maximum atomic E-state index is 5.40. The van der Waals surface area contributed by atoms with Gasteiger partial charge in [0.25, 0.3) is 0 Å². The lowest BCUT2D eigenvalue weighted by Crippen LogP contribution is -2.11. The van der Waals surface area contributed by atoms with Crippen molar-refractivity contribution in [2.24, 2.45) is 5.73 Å². The van der Waals surface area contributed by atoms with Gasteiger partial charge in [-0.25, -0.2) is 4.68 Å². The molecule has 1 aromatic heterocycles. The predicted molar refractivity (Wildman–Crippen MR) is 67.6 cm³/mol. The van der Waals surface area contributed by atoms with Crippen LogP contribution in [0.25, 0.3) is 5.69 Å². The van der Waals surface area contributed by atoms with E-state index in [2.05, 4.69) is 24.2 Å². The Labute approximate surface area is 101 Å². The van der Waals surface area contributed by atoms with E-state index >= 15 is 0 Å². The molecule has 1 heterocycles. The lowest BCUT2D eigenvalue weighted by Gasteiger charge is -2.04. The molecule has 0 radical (unpaired) electrons. The van der Waals surface area contributed by atoms with Gasteiger partial charge in [0.15, 0.2) is 0 Å². The van der Waals surface area contributed by atoms with Crippen molar-refractivity contribution in [2.75, 3.05) is 13.2 Å². The Morgan fingerprint density at radius 1 is 1.24 bits per heavy atom. The summed E-state index contributed by atoms with van der Waals surface area (Å²) in [5, 5.41) is 4.39. The Morgan fingerprint density at radius 3 is 2.59 bits per heavy atom. The fourth-order valence-electron chi connectivity index (χ4n) is 1.63. The van der Waals surface area contributed by atoms with Gasteiger partial charge in [0.2, 0.25) is 5.88 Å². The van der Waals surface area contributed by atoms with Crippen LogP contribution < -0.4 is 10.5 Å². The predicted octanol–water partition coefficient (Wildman–Crippen LogP) is 1.83. The molecule has 0 aliphatic carbocycles. The van der Waals surface area contributed by atoms with Crippen molar-refractivity contribution in [3.05, 3.63) is 41.6 Å². The third-order valence-electron chi connectivity index (χ3n) is 2.51. The molecule has 0 aliphatic rings. The largest absolute Gasteiger partial charge is 0.475 e. The minimum Gasteiger partial charge on any atom is -0.475 e. The highest BCUT2D eigenvalue weighted by Crippen LogP contribution is 2.16. The van der Waals surface area contributed by atoms with Crippen LogP contribution in [0.15, 0.2) is 30.3 Å². The number of hydrogen-bond donors (Lipinski definition) is 1. The van der Waals surface area contributed by atoms with Crippen LogP contribution in [0.1, 0.15) is 11.3 Å². The number of nitrogens with zero attached hydrogens (tertiary/aromatic N) is 2. The molecule has 1 aromatic carbocycles. The minimum absolute atomic E-state index is 0.490. The van der Waals surface area contributed by atoms with Crippen LogP contribution in [0.2, 0.25) is 0 Å². The quantitative estimate of drug-likeness (QED) is 0.873. The zero-order chi connectivity index (χ0) is 12.3. The Kier molecular flexibility index (Phi) is 3.44. The summed E-state index contributed by atoms with van der Waals surface area (Å²) >= 11 is 0. The molecule has 90 valence electrons. The van der Waals surface area contributed by atoms with Crippen molar-refractivity contribution >= 4 is 0 Å². The molecule has 0 saturated heterocycles. The third kappa shape index (κ3) is 2.65. The summed E-state index contributed by atoms with van der Waals surface area (Å²) in [6.45, 7) is 5.05. The fourth-order valence-corrected chi connectivity index (χ4v) is 1.63. The van der Waals surface area contributed by atoms with Gasteiger partial charge in [-0.2, -0.15) is 0 Å². The molecule has 4 nitrogen and oxygen atoms in total. The zero-order valence-electron chi connectivity index (χ0n) is 10.2. The van der Waals surface area contributed by atoms with E-state index < -0.39 is 0 Å². The lowest BCUT2D eigenvalue weighted by atomic mass is 10.2. The summed E-state index contributed by atoms with van der Waals surface area (Å²) < 4.78 is 7.27. The maximum Gasteiger partial charge on any atom is 0.233 e. The SMILES string of the molecule is Cc1ccc(-n2nc(OCCN)cc2C)cc1. The summed E-state index contributed by atoms with van der Waals surface area (Å²) in [6.07, 6.45) is 0. The summed E-state index contributed by atoms with van der Waals surface area (Å²) in [6, 6.07) is 10.1. The van der Waals surface area contributed by atoms with Gasteiger partial charge < -0.3 is 10.5 Å². The van der Waals surface area contributed by atoms with E-state index in [1.807, 2.05) is 29.8 Å². The highest BCUT2D eigenvalue weighted by atomic mass is 16.5. The van der Waals surface area contributed by atoms with Crippen molar-refractivity contribution in [1.29, 1.82) is 0 Å². The van der Waals surface area contributed by atoms with Crippen LogP contribution in [-0.4, -0.2) is 22.9 Å². The number of aromatic nitrogens is 2. The van der Waals surface area contributed by atoms with Crippen molar-refractivity contribution in [3.8, 4) is 11.6 Å². The number of benzene rings is 1. The Balaban J connectivity index is 2.26. The molecule has 2 rings (SSSR count). The lowest BCUT2D eigenvalue weighted by molar-refractivity contribution is 0.313. The van der Waals surface area contributed by atoms with Crippen molar-refractivity contribution in [3.63, 3.8) is 0 Å². The zero-order valence-corrected chi connectivity index (χ0v) is 10.2. The van der Waals surface area contributed by atoms with Crippen LogP contribution in [0.3, 0.4) is 0 Å². The van der Waals surface area contributed by atoms with Gasteiger partial charge >= 0.3 is 0 Å². The molecule has 0 atom stereocenters. The summed E-state index contributed by atoms with van der Waals surface area (Å²) in [4.78, 5) is 0. The van der Waals surface area contributed by atoms with Gasteiger partial charge in [-0.3, -0.25) is 0 Å². The number of nitrogens with two attached hydrogens (primary N) is 1. The highest BCUT2D eigenvalue weighted by molar-refractivity contribution is 5.36. The van der Waals surface area contributed by atoms with Crippen LogP contribution in [0, 0.1) is 13.8 Å². The second-order valence-corrected chi connectivity index (χ2v) is 4.01. The van der Waals surface area contributed by atoms with E-state index in [0.717, 1.165) is 11.4 Å². The Hall–Kier alpha value is -1.81. The molecule has 17 heavy (non-hydrogen) atoms. The first-order valence-electron chi connectivity index (χ1n) is 5.67. The normalized spacial score (nSPS) is 10.5. The minimum atomic E-state index is 0.490. The Bertz CT molecular complexity index is 488. The molecule has 2 aromatic rings. The molecule has 0 aliphatic heterocycles. The Morgan fingerprint density at radius 2 is 1.94 bits per heavy atom.